The van der Waals surface area contributed by atoms with Crippen LogP contribution >= 0.6 is 11.3 Å². The molecule has 2 aromatic heterocycles. The van der Waals surface area contributed by atoms with Crippen molar-refractivity contribution in [3.8, 4) is 11.3 Å². The molecule has 3 aliphatic rings. The van der Waals surface area contributed by atoms with Crippen LogP contribution in [0, 0.1) is 0 Å². The maximum absolute atomic E-state index is 13.7. The van der Waals surface area contributed by atoms with Crippen molar-refractivity contribution >= 4 is 27.5 Å². The second kappa shape index (κ2) is 9.68. The third-order valence-electron chi connectivity index (χ3n) is 8.25. The molecule has 3 aromatic rings. The summed E-state index contributed by atoms with van der Waals surface area (Å²) in [4.78, 5) is 17.1. The van der Waals surface area contributed by atoms with Crippen molar-refractivity contribution in [3.63, 3.8) is 0 Å². The summed E-state index contributed by atoms with van der Waals surface area (Å²) in [5.74, 6) is -0.338. The Morgan fingerprint density at radius 1 is 1.03 bits per heavy atom. The number of aromatic nitrogens is 1. The molecule has 0 amide bonds. The molecule has 0 spiro atoms. The number of hydrogen-bond donors (Lipinski definition) is 1. The van der Waals surface area contributed by atoms with Crippen LogP contribution in [0.4, 0.5) is 4.39 Å². The third kappa shape index (κ3) is 4.43. The number of aromatic carboxylic acids is 1. The number of likely N-dealkylation sites (tertiary alicyclic amines) is 1. The molecule has 6 rings (SSSR count). The average molecular weight is 496 g/mol. The molecule has 1 aromatic carbocycles. The van der Waals surface area contributed by atoms with E-state index in [0.717, 1.165) is 44.8 Å². The molecule has 35 heavy (non-hydrogen) atoms. The Balaban J connectivity index is 1.41. The smallest absolute Gasteiger partial charge is 0.345 e. The van der Waals surface area contributed by atoms with Gasteiger partial charge in [0.15, 0.2) is 0 Å². The molecule has 186 valence electrons. The Hall–Kier alpha value is -2.22. The molecule has 2 aliphatic heterocycles. The molecule has 0 bridgehead atoms. The Kier molecular flexibility index (Phi) is 6.41. The van der Waals surface area contributed by atoms with Crippen LogP contribution < -0.4 is 0 Å². The van der Waals surface area contributed by atoms with E-state index in [1.54, 1.807) is 0 Å². The lowest BCUT2D eigenvalue weighted by atomic mass is 9.82. The van der Waals surface area contributed by atoms with Crippen molar-refractivity contribution in [2.75, 3.05) is 32.7 Å². The zero-order valence-corrected chi connectivity index (χ0v) is 21.0. The molecule has 2 fully saturated rings. The monoisotopic (exact) mass is 495 g/mol. The molecule has 1 saturated heterocycles. The van der Waals surface area contributed by atoms with Gasteiger partial charge in [0, 0.05) is 51.4 Å². The molecule has 1 N–H and O–H groups in total. The SMILES string of the molecule is O=C(O)c1cc2c(s1)c(C1CCCCC1)c1n2CCN(CCN2CC[C@@H](F)C2)Cc2ccccc2-1. The predicted octanol–water partition coefficient (Wildman–Crippen LogP) is 5.98. The second-order valence-corrected chi connectivity index (χ2v) is 11.6. The Morgan fingerprint density at radius 2 is 1.83 bits per heavy atom. The van der Waals surface area contributed by atoms with E-state index in [1.807, 2.05) is 6.07 Å². The van der Waals surface area contributed by atoms with Gasteiger partial charge in [0.2, 0.25) is 0 Å². The number of benzene rings is 1. The fourth-order valence-electron chi connectivity index (χ4n) is 6.46. The number of thiophene rings is 1. The van der Waals surface area contributed by atoms with Gasteiger partial charge in [0.05, 0.1) is 15.9 Å². The molecule has 5 nitrogen and oxygen atoms in total. The van der Waals surface area contributed by atoms with Crippen molar-refractivity contribution in [2.45, 2.75) is 63.7 Å². The van der Waals surface area contributed by atoms with Gasteiger partial charge in [-0.05, 0) is 42.4 Å². The molecule has 0 unspecified atom stereocenters. The number of hydrogen-bond acceptors (Lipinski definition) is 4. The van der Waals surface area contributed by atoms with E-state index in [-0.39, 0.29) is 0 Å². The van der Waals surface area contributed by atoms with Crippen LogP contribution in [0.3, 0.4) is 0 Å². The fraction of sp³-hybridized carbons (Fsp3) is 0.536. The molecule has 7 heteroatoms. The van der Waals surface area contributed by atoms with Crippen LogP contribution in [0.5, 0.6) is 0 Å². The van der Waals surface area contributed by atoms with Gasteiger partial charge in [-0.3, -0.25) is 9.80 Å². The first-order valence-electron chi connectivity index (χ1n) is 13.1. The maximum atomic E-state index is 13.7. The summed E-state index contributed by atoms with van der Waals surface area (Å²) in [6.45, 7) is 5.86. The lowest BCUT2D eigenvalue weighted by Gasteiger charge is -2.30. The van der Waals surface area contributed by atoms with E-state index < -0.39 is 12.1 Å². The van der Waals surface area contributed by atoms with E-state index in [2.05, 4.69) is 38.6 Å². The largest absolute Gasteiger partial charge is 0.477 e. The van der Waals surface area contributed by atoms with Crippen molar-refractivity contribution in [2.24, 2.45) is 0 Å². The van der Waals surface area contributed by atoms with Crippen LogP contribution in [0.2, 0.25) is 0 Å². The minimum Gasteiger partial charge on any atom is -0.477 e. The summed E-state index contributed by atoms with van der Waals surface area (Å²) < 4.78 is 17.3. The highest BCUT2D eigenvalue weighted by molar-refractivity contribution is 7.21. The van der Waals surface area contributed by atoms with Crippen molar-refractivity contribution in [3.05, 3.63) is 46.3 Å². The lowest BCUT2D eigenvalue weighted by molar-refractivity contribution is 0.0702. The number of carboxylic acid groups (broad SMARTS) is 1. The standard InChI is InChI=1S/C28H34FN3O2S/c29-21-10-11-30(18-21)12-13-31-14-15-32-23-16-24(28(33)34)35-27(23)25(19-6-2-1-3-7-19)26(32)22-9-5-4-8-20(22)17-31/h4-5,8-9,16,19,21H,1-3,6-7,10-15,17-18H2,(H,33,34)/t21-/m1/s1. The Bertz CT molecular complexity index is 1230. The zero-order valence-electron chi connectivity index (χ0n) is 20.2. The topological polar surface area (TPSA) is 48.7 Å². The molecule has 1 aliphatic carbocycles. The second-order valence-electron chi connectivity index (χ2n) is 10.5. The highest BCUT2D eigenvalue weighted by Gasteiger charge is 2.31. The minimum absolute atomic E-state index is 0.435. The third-order valence-corrected chi connectivity index (χ3v) is 9.40. The lowest BCUT2D eigenvalue weighted by Crippen LogP contribution is -2.36. The summed E-state index contributed by atoms with van der Waals surface area (Å²) in [6, 6.07) is 10.7. The zero-order chi connectivity index (χ0) is 23.9. The van der Waals surface area contributed by atoms with Gasteiger partial charge in [-0.2, -0.15) is 0 Å². The number of rotatable bonds is 5. The van der Waals surface area contributed by atoms with E-state index in [4.69, 9.17) is 0 Å². The first kappa shape index (κ1) is 23.2. The predicted molar refractivity (Wildman–Crippen MR) is 139 cm³/mol. The van der Waals surface area contributed by atoms with Crippen LogP contribution in [0.25, 0.3) is 21.5 Å². The minimum atomic E-state index is -0.834. The number of carboxylic acids is 1. The Labute approximate surface area is 210 Å². The molecule has 1 saturated carbocycles. The van der Waals surface area contributed by atoms with Crippen molar-refractivity contribution in [1.29, 1.82) is 0 Å². The molecular weight excluding hydrogens is 461 g/mol. The van der Waals surface area contributed by atoms with E-state index in [9.17, 15) is 14.3 Å². The summed E-state index contributed by atoms with van der Waals surface area (Å²) in [5.41, 5.74) is 6.43. The molecule has 0 radical (unpaired) electrons. The normalized spacial score (nSPS) is 22.1. The van der Waals surface area contributed by atoms with Gasteiger partial charge >= 0.3 is 5.97 Å². The van der Waals surface area contributed by atoms with Gasteiger partial charge in [-0.25, -0.2) is 9.18 Å². The van der Waals surface area contributed by atoms with Gasteiger partial charge < -0.3 is 9.67 Å². The van der Waals surface area contributed by atoms with Crippen molar-refractivity contribution in [1.82, 2.24) is 14.4 Å². The van der Waals surface area contributed by atoms with Crippen LogP contribution in [-0.4, -0.2) is 64.3 Å². The number of halogens is 1. The van der Waals surface area contributed by atoms with E-state index in [1.165, 1.54) is 70.5 Å². The average Bonchev–Trinajstić information content (AvgIpc) is 3.54. The summed E-state index contributed by atoms with van der Waals surface area (Å²) >= 11 is 1.46. The summed E-state index contributed by atoms with van der Waals surface area (Å²) in [6.07, 6.45) is 6.14. The first-order chi connectivity index (χ1) is 17.1. The highest BCUT2D eigenvalue weighted by atomic mass is 32.1. The number of fused-ring (bicyclic) bond motifs is 5. The summed E-state index contributed by atoms with van der Waals surface area (Å²) in [5, 5.41) is 9.76. The maximum Gasteiger partial charge on any atom is 0.345 e. The molecule has 1 atom stereocenters. The highest BCUT2D eigenvalue weighted by Crippen LogP contribution is 2.47. The number of carbonyl (C=O) groups is 1. The van der Waals surface area contributed by atoms with E-state index >= 15 is 0 Å². The summed E-state index contributed by atoms with van der Waals surface area (Å²) in [7, 11) is 0. The molecule has 4 heterocycles. The van der Waals surface area contributed by atoms with Crippen LogP contribution in [0.1, 0.15) is 65.2 Å². The Morgan fingerprint density at radius 3 is 2.60 bits per heavy atom. The van der Waals surface area contributed by atoms with Gasteiger partial charge in [0.1, 0.15) is 11.0 Å². The van der Waals surface area contributed by atoms with Crippen molar-refractivity contribution < 1.29 is 14.3 Å². The van der Waals surface area contributed by atoms with Gasteiger partial charge in [-0.15, -0.1) is 11.3 Å². The fourth-order valence-corrected chi connectivity index (χ4v) is 7.58. The number of alkyl halides is 1. The van der Waals surface area contributed by atoms with E-state index in [0.29, 0.717) is 23.8 Å². The van der Waals surface area contributed by atoms with Gasteiger partial charge in [0.25, 0.3) is 0 Å². The van der Waals surface area contributed by atoms with Crippen LogP contribution in [-0.2, 0) is 13.1 Å². The first-order valence-corrected chi connectivity index (χ1v) is 14.0. The molecular formula is C28H34FN3O2S. The number of nitrogens with zero attached hydrogens (tertiary/aromatic N) is 3. The van der Waals surface area contributed by atoms with Gasteiger partial charge in [-0.1, -0.05) is 43.5 Å². The quantitative estimate of drug-likeness (QED) is 0.473. The van der Waals surface area contributed by atoms with Crippen LogP contribution in [0.15, 0.2) is 30.3 Å².